The van der Waals surface area contributed by atoms with E-state index in [-0.39, 0.29) is 23.7 Å². The van der Waals surface area contributed by atoms with Gasteiger partial charge in [0.2, 0.25) is 5.91 Å². The number of esters is 1. The zero-order valence-corrected chi connectivity index (χ0v) is 11.8. The van der Waals surface area contributed by atoms with Crippen molar-refractivity contribution in [1.29, 1.82) is 0 Å². The van der Waals surface area contributed by atoms with E-state index in [1.54, 1.807) is 0 Å². The van der Waals surface area contributed by atoms with Crippen LogP contribution in [0.5, 0.6) is 0 Å². The average molecular weight is 295 g/mol. The molecule has 0 atom stereocenters. The molecule has 1 aromatic carbocycles. The molecule has 0 radical (unpaired) electrons. The number of hydrogen-bond acceptors (Lipinski definition) is 5. The van der Waals surface area contributed by atoms with Gasteiger partial charge in [0, 0.05) is 26.2 Å². The van der Waals surface area contributed by atoms with Crippen molar-refractivity contribution < 1.29 is 18.7 Å². The van der Waals surface area contributed by atoms with Gasteiger partial charge in [0.25, 0.3) is 0 Å². The van der Waals surface area contributed by atoms with E-state index in [0.717, 1.165) is 32.2 Å². The topological polar surface area (TPSA) is 70.7 Å². The van der Waals surface area contributed by atoms with Gasteiger partial charge in [-0.15, -0.1) is 0 Å². The molecule has 1 amide bonds. The second-order valence-corrected chi connectivity index (χ2v) is 4.76. The predicted octanol–water partition coefficient (Wildman–Crippen LogP) is 0.456. The van der Waals surface area contributed by atoms with Gasteiger partial charge in [-0.25, -0.2) is 9.18 Å². The van der Waals surface area contributed by atoms with Crippen LogP contribution in [-0.2, 0) is 9.53 Å². The molecule has 6 nitrogen and oxygen atoms in total. The van der Waals surface area contributed by atoms with E-state index >= 15 is 0 Å². The van der Waals surface area contributed by atoms with E-state index in [4.69, 9.17) is 0 Å². The van der Waals surface area contributed by atoms with Crippen LogP contribution in [0.4, 0.5) is 10.1 Å². The van der Waals surface area contributed by atoms with Gasteiger partial charge in [0.15, 0.2) is 0 Å². The molecule has 0 unspecified atom stereocenters. The van der Waals surface area contributed by atoms with E-state index in [9.17, 15) is 14.0 Å². The Morgan fingerprint density at radius 3 is 2.76 bits per heavy atom. The van der Waals surface area contributed by atoms with Crippen molar-refractivity contribution in [1.82, 2.24) is 10.2 Å². The molecule has 0 bridgehead atoms. The van der Waals surface area contributed by atoms with E-state index < -0.39 is 11.8 Å². The van der Waals surface area contributed by atoms with Crippen LogP contribution in [0.3, 0.4) is 0 Å². The van der Waals surface area contributed by atoms with Crippen molar-refractivity contribution in [2.75, 3.05) is 45.2 Å². The molecule has 1 aliphatic rings. The van der Waals surface area contributed by atoms with Gasteiger partial charge in [0.1, 0.15) is 5.82 Å². The van der Waals surface area contributed by atoms with Crippen LogP contribution in [0, 0.1) is 5.82 Å². The molecule has 1 saturated heterocycles. The summed E-state index contributed by atoms with van der Waals surface area (Å²) in [6.07, 6.45) is 0. The molecule has 7 heteroatoms. The number of hydrogen-bond donors (Lipinski definition) is 2. The summed E-state index contributed by atoms with van der Waals surface area (Å²) in [5.41, 5.74) is 0.175. The Labute approximate surface area is 122 Å². The van der Waals surface area contributed by atoms with Crippen LogP contribution >= 0.6 is 0 Å². The maximum Gasteiger partial charge on any atom is 0.337 e. The van der Waals surface area contributed by atoms with Gasteiger partial charge >= 0.3 is 5.97 Å². The maximum absolute atomic E-state index is 13.7. The lowest BCUT2D eigenvalue weighted by molar-refractivity contribution is -0.117. The second-order valence-electron chi connectivity index (χ2n) is 4.76. The number of halogens is 1. The fourth-order valence-electron chi connectivity index (χ4n) is 2.13. The summed E-state index contributed by atoms with van der Waals surface area (Å²) in [5, 5.41) is 5.68. The summed E-state index contributed by atoms with van der Waals surface area (Å²) < 4.78 is 18.3. The number of amides is 1. The molecule has 2 rings (SSSR count). The standard InChI is InChI=1S/C14H18FN3O3/c1-21-14(20)10-2-3-11(15)12(8-10)17-13(19)9-18-6-4-16-5-7-18/h2-3,8,16H,4-7,9H2,1H3,(H,17,19). The minimum absolute atomic E-state index is 0.0157. The molecule has 0 spiro atoms. The van der Waals surface area contributed by atoms with Gasteiger partial charge in [-0.2, -0.15) is 0 Å². The molecule has 0 aromatic heterocycles. The Morgan fingerprint density at radius 2 is 2.10 bits per heavy atom. The van der Waals surface area contributed by atoms with Crippen LogP contribution in [0.15, 0.2) is 18.2 Å². The van der Waals surface area contributed by atoms with Gasteiger partial charge in [-0.3, -0.25) is 9.69 Å². The van der Waals surface area contributed by atoms with Crippen molar-refractivity contribution in [3.05, 3.63) is 29.6 Å². The highest BCUT2D eigenvalue weighted by Gasteiger charge is 2.16. The van der Waals surface area contributed by atoms with Crippen LogP contribution in [0.1, 0.15) is 10.4 Å². The molecule has 114 valence electrons. The highest BCUT2D eigenvalue weighted by atomic mass is 19.1. The van der Waals surface area contributed by atoms with Crippen molar-refractivity contribution in [2.45, 2.75) is 0 Å². The summed E-state index contributed by atoms with van der Waals surface area (Å²) in [5.74, 6) is -1.47. The minimum atomic E-state index is -0.587. The molecule has 1 aliphatic heterocycles. The number of methoxy groups -OCH3 is 1. The molecule has 2 N–H and O–H groups in total. The fraction of sp³-hybridized carbons (Fsp3) is 0.429. The van der Waals surface area contributed by atoms with Crippen LogP contribution in [0.2, 0.25) is 0 Å². The Morgan fingerprint density at radius 1 is 1.38 bits per heavy atom. The Balaban J connectivity index is 2.00. The fourth-order valence-corrected chi connectivity index (χ4v) is 2.13. The number of anilines is 1. The van der Waals surface area contributed by atoms with Crippen molar-refractivity contribution in [3.8, 4) is 0 Å². The first kappa shape index (κ1) is 15.4. The number of carbonyl (C=O) groups is 2. The predicted molar refractivity (Wildman–Crippen MR) is 75.7 cm³/mol. The normalized spacial score (nSPS) is 15.5. The quantitative estimate of drug-likeness (QED) is 0.790. The van der Waals surface area contributed by atoms with E-state index in [1.165, 1.54) is 19.2 Å². The number of carbonyl (C=O) groups excluding carboxylic acids is 2. The Kier molecular flexibility index (Phi) is 5.24. The summed E-state index contributed by atoms with van der Waals surface area (Å²) in [6.45, 7) is 3.42. The van der Waals surface area contributed by atoms with Crippen molar-refractivity contribution in [2.24, 2.45) is 0 Å². The van der Waals surface area contributed by atoms with E-state index in [2.05, 4.69) is 15.4 Å². The number of nitrogens with zero attached hydrogens (tertiary/aromatic N) is 1. The zero-order chi connectivity index (χ0) is 15.2. The zero-order valence-electron chi connectivity index (χ0n) is 11.8. The lowest BCUT2D eigenvalue weighted by atomic mass is 10.2. The van der Waals surface area contributed by atoms with Crippen LogP contribution in [-0.4, -0.2) is 56.6 Å². The maximum atomic E-state index is 13.7. The third-order valence-electron chi connectivity index (χ3n) is 3.24. The minimum Gasteiger partial charge on any atom is -0.465 e. The number of ether oxygens (including phenoxy) is 1. The van der Waals surface area contributed by atoms with E-state index in [1.807, 2.05) is 4.90 Å². The Hall–Kier alpha value is -1.99. The van der Waals surface area contributed by atoms with Crippen molar-refractivity contribution >= 4 is 17.6 Å². The molecular weight excluding hydrogens is 277 g/mol. The van der Waals surface area contributed by atoms with Crippen molar-refractivity contribution in [3.63, 3.8) is 0 Å². The summed E-state index contributed by atoms with van der Waals surface area (Å²) in [4.78, 5) is 25.3. The molecular formula is C14H18FN3O3. The average Bonchev–Trinajstić information content (AvgIpc) is 2.49. The third kappa shape index (κ3) is 4.24. The number of piperazine rings is 1. The van der Waals surface area contributed by atoms with Gasteiger partial charge in [0.05, 0.1) is 24.9 Å². The number of rotatable bonds is 4. The van der Waals surface area contributed by atoms with Crippen LogP contribution < -0.4 is 10.6 Å². The molecule has 0 saturated carbocycles. The van der Waals surface area contributed by atoms with E-state index in [0.29, 0.717) is 0 Å². The first-order chi connectivity index (χ1) is 10.1. The molecule has 0 aliphatic carbocycles. The first-order valence-corrected chi connectivity index (χ1v) is 6.71. The second kappa shape index (κ2) is 7.14. The van der Waals surface area contributed by atoms with Crippen LogP contribution in [0.25, 0.3) is 0 Å². The van der Waals surface area contributed by atoms with Gasteiger partial charge in [-0.05, 0) is 18.2 Å². The van der Waals surface area contributed by atoms with Gasteiger partial charge < -0.3 is 15.4 Å². The first-order valence-electron chi connectivity index (χ1n) is 6.71. The molecule has 21 heavy (non-hydrogen) atoms. The Bertz CT molecular complexity index is 530. The molecule has 1 aromatic rings. The highest BCUT2D eigenvalue weighted by Crippen LogP contribution is 2.17. The molecule has 1 heterocycles. The summed E-state index contributed by atoms with van der Waals surface area (Å²) in [7, 11) is 1.24. The van der Waals surface area contributed by atoms with Gasteiger partial charge in [-0.1, -0.05) is 0 Å². The summed E-state index contributed by atoms with van der Waals surface area (Å²) >= 11 is 0. The smallest absolute Gasteiger partial charge is 0.337 e. The monoisotopic (exact) mass is 295 g/mol. The summed E-state index contributed by atoms with van der Waals surface area (Å²) in [6, 6.07) is 3.72. The SMILES string of the molecule is COC(=O)c1ccc(F)c(NC(=O)CN2CCNCC2)c1. The highest BCUT2D eigenvalue weighted by molar-refractivity contribution is 5.95. The number of benzene rings is 1. The lowest BCUT2D eigenvalue weighted by Gasteiger charge is -2.26. The number of nitrogens with one attached hydrogen (secondary N) is 2. The largest absolute Gasteiger partial charge is 0.465 e. The lowest BCUT2D eigenvalue weighted by Crippen LogP contribution is -2.46. The molecule has 1 fully saturated rings. The third-order valence-corrected chi connectivity index (χ3v) is 3.24.